The molecule has 0 saturated carbocycles. The fourth-order valence-electron chi connectivity index (χ4n) is 2.71. The van der Waals surface area contributed by atoms with Crippen molar-refractivity contribution in [2.24, 2.45) is 0 Å². The van der Waals surface area contributed by atoms with E-state index in [1.807, 2.05) is 35.2 Å². The van der Waals surface area contributed by atoms with Crippen LogP contribution in [0.25, 0.3) is 0 Å². The summed E-state index contributed by atoms with van der Waals surface area (Å²) in [5.74, 6) is -0.522. The maximum absolute atomic E-state index is 12.6. The van der Waals surface area contributed by atoms with Gasteiger partial charge in [-0.2, -0.15) is 0 Å². The van der Waals surface area contributed by atoms with E-state index in [9.17, 15) is 14.9 Å². The van der Waals surface area contributed by atoms with Gasteiger partial charge in [-0.3, -0.25) is 19.7 Å². The molecule has 0 aliphatic carbocycles. The Hall–Kier alpha value is -2.97. The van der Waals surface area contributed by atoms with Crippen molar-refractivity contribution >= 4 is 17.3 Å². The van der Waals surface area contributed by atoms with Crippen LogP contribution in [0.1, 0.15) is 15.9 Å². The van der Waals surface area contributed by atoms with E-state index in [4.69, 9.17) is 9.57 Å². The molecule has 1 N–H and O–H groups in total. The summed E-state index contributed by atoms with van der Waals surface area (Å²) in [5.41, 5.74) is 3.96. The minimum Gasteiger partial charge on any atom is -0.378 e. The zero-order valence-corrected chi connectivity index (χ0v) is 14.1. The molecule has 1 aliphatic heterocycles. The third-order valence-electron chi connectivity index (χ3n) is 4.03. The summed E-state index contributed by atoms with van der Waals surface area (Å²) >= 11 is 0. The van der Waals surface area contributed by atoms with Crippen molar-refractivity contribution in [3.63, 3.8) is 0 Å². The molecule has 3 rings (SSSR count). The zero-order valence-electron chi connectivity index (χ0n) is 14.1. The third-order valence-corrected chi connectivity index (χ3v) is 4.03. The van der Waals surface area contributed by atoms with Crippen molar-refractivity contribution in [1.29, 1.82) is 0 Å². The Morgan fingerprint density at radius 1 is 1.19 bits per heavy atom. The summed E-state index contributed by atoms with van der Waals surface area (Å²) in [5, 5.41) is 11.1. The number of carbonyl (C=O) groups is 1. The molecule has 1 fully saturated rings. The second kappa shape index (κ2) is 8.41. The number of non-ortho nitro benzene ring substituents is 1. The summed E-state index contributed by atoms with van der Waals surface area (Å²) in [4.78, 5) is 30.3. The van der Waals surface area contributed by atoms with Gasteiger partial charge in [-0.15, -0.1) is 0 Å². The highest BCUT2D eigenvalue weighted by Gasteiger charge is 2.22. The third kappa shape index (κ3) is 4.35. The van der Waals surface area contributed by atoms with Gasteiger partial charge in [-0.05, 0) is 11.6 Å². The first-order valence-electron chi connectivity index (χ1n) is 8.22. The highest BCUT2D eigenvalue weighted by molar-refractivity contribution is 6.00. The number of nitro groups is 1. The Kier molecular flexibility index (Phi) is 5.77. The number of hydrogen-bond acceptors (Lipinski definition) is 6. The maximum Gasteiger partial charge on any atom is 0.277 e. The van der Waals surface area contributed by atoms with Crippen LogP contribution in [-0.4, -0.2) is 37.1 Å². The maximum atomic E-state index is 12.6. The molecule has 0 bridgehead atoms. The van der Waals surface area contributed by atoms with Gasteiger partial charge in [0.05, 0.1) is 36.0 Å². The number of rotatable bonds is 6. The number of morpholine rings is 1. The van der Waals surface area contributed by atoms with Gasteiger partial charge < -0.3 is 9.64 Å². The number of nitro benzene ring substituents is 1. The topological polar surface area (TPSA) is 93.9 Å². The molecular weight excluding hydrogens is 338 g/mol. The largest absolute Gasteiger partial charge is 0.378 e. The fourth-order valence-corrected chi connectivity index (χ4v) is 2.71. The van der Waals surface area contributed by atoms with E-state index in [2.05, 4.69) is 5.48 Å². The standard InChI is InChI=1S/C18H19N3O5/c22-18(19-26-13-14-4-2-1-3-5-14)16-12-15(21(23)24)6-7-17(16)20-8-10-25-11-9-20/h1-7,12H,8-11,13H2,(H,19,22). The van der Waals surface area contributed by atoms with Crippen LogP contribution in [-0.2, 0) is 16.2 Å². The SMILES string of the molecule is O=C(NOCc1ccccc1)c1cc([N+](=O)[O-])ccc1N1CCOCC1. The number of ether oxygens (including phenoxy) is 1. The predicted molar refractivity (Wildman–Crippen MR) is 94.8 cm³/mol. The van der Waals surface area contributed by atoms with Crippen molar-refractivity contribution in [3.05, 3.63) is 69.8 Å². The van der Waals surface area contributed by atoms with E-state index in [0.717, 1.165) is 5.56 Å². The molecule has 8 nitrogen and oxygen atoms in total. The van der Waals surface area contributed by atoms with E-state index in [1.54, 1.807) is 6.07 Å². The number of anilines is 1. The van der Waals surface area contributed by atoms with E-state index in [1.165, 1.54) is 12.1 Å². The van der Waals surface area contributed by atoms with Gasteiger partial charge in [0.1, 0.15) is 0 Å². The van der Waals surface area contributed by atoms with Crippen LogP contribution < -0.4 is 10.4 Å². The fraction of sp³-hybridized carbons (Fsp3) is 0.278. The first kappa shape index (κ1) is 17.8. The van der Waals surface area contributed by atoms with Gasteiger partial charge in [-0.25, -0.2) is 5.48 Å². The molecule has 1 heterocycles. The second-order valence-electron chi connectivity index (χ2n) is 5.76. The predicted octanol–water partition coefficient (Wildman–Crippen LogP) is 2.29. The zero-order chi connectivity index (χ0) is 18.4. The molecule has 136 valence electrons. The minimum atomic E-state index is -0.523. The van der Waals surface area contributed by atoms with Crippen molar-refractivity contribution in [3.8, 4) is 0 Å². The summed E-state index contributed by atoms with van der Waals surface area (Å²) in [6, 6.07) is 13.6. The monoisotopic (exact) mass is 357 g/mol. The van der Waals surface area contributed by atoms with Gasteiger partial charge in [0, 0.05) is 25.2 Å². The molecule has 0 radical (unpaired) electrons. The van der Waals surface area contributed by atoms with Gasteiger partial charge in [0.15, 0.2) is 0 Å². The lowest BCUT2D eigenvalue weighted by Crippen LogP contribution is -2.38. The van der Waals surface area contributed by atoms with E-state index >= 15 is 0 Å². The van der Waals surface area contributed by atoms with Crippen LogP contribution in [0, 0.1) is 10.1 Å². The van der Waals surface area contributed by atoms with Gasteiger partial charge >= 0.3 is 0 Å². The van der Waals surface area contributed by atoms with E-state index in [-0.39, 0.29) is 17.9 Å². The molecular formula is C18H19N3O5. The molecule has 26 heavy (non-hydrogen) atoms. The summed E-state index contributed by atoms with van der Waals surface area (Å²) in [6.45, 7) is 2.52. The first-order valence-corrected chi connectivity index (χ1v) is 8.22. The highest BCUT2D eigenvalue weighted by Crippen LogP contribution is 2.26. The molecule has 0 spiro atoms. The van der Waals surface area contributed by atoms with E-state index in [0.29, 0.717) is 32.0 Å². The number of carbonyl (C=O) groups excluding carboxylic acids is 1. The number of benzene rings is 2. The Bertz CT molecular complexity index is 776. The molecule has 0 unspecified atom stereocenters. The number of hydroxylamine groups is 1. The Balaban J connectivity index is 1.75. The lowest BCUT2D eigenvalue weighted by atomic mass is 10.1. The quantitative estimate of drug-likeness (QED) is 0.630. The van der Waals surface area contributed by atoms with E-state index < -0.39 is 10.8 Å². The number of hydrogen-bond donors (Lipinski definition) is 1. The van der Waals surface area contributed by atoms with Crippen LogP contribution >= 0.6 is 0 Å². The lowest BCUT2D eigenvalue weighted by molar-refractivity contribution is -0.384. The molecule has 8 heteroatoms. The average molecular weight is 357 g/mol. The van der Waals surface area contributed by atoms with Crippen LogP contribution in [0.2, 0.25) is 0 Å². The first-order chi connectivity index (χ1) is 12.6. The second-order valence-corrected chi connectivity index (χ2v) is 5.76. The number of amides is 1. The molecule has 0 aromatic heterocycles. The molecule has 1 aliphatic rings. The molecule has 1 amide bonds. The average Bonchev–Trinajstić information content (AvgIpc) is 2.69. The Labute approximate surface area is 150 Å². The van der Waals surface area contributed by atoms with Crippen LogP contribution in [0.4, 0.5) is 11.4 Å². The van der Waals surface area contributed by atoms with Crippen LogP contribution in [0.5, 0.6) is 0 Å². The molecule has 1 saturated heterocycles. The normalized spacial score (nSPS) is 14.1. The number of nitrogens with one attached hydrogen (secondary N) is 1. The smallest absolute Gasteiger partial charge is 0.277 e. The highest BCUT2D eigenvalue weighted by atomic mass is 16.7. The van der Waals surface area contributed by atoms with Crippen molar-refractivity contribution in [2.45, 2.75) is 6.61 Å². The Morgan fingerprint density at radius 3 is 2.62 bits per heavy atom. The summed E-state index contributed by atoms with van der Waals surface area (Å²) < 4.78 is 5.32. The Morgan fingerprint density at radius 2 is 1.92 bits per heavy atom. The molecule has 2 aromatic rings. The summed E-state index contributed by atoms with van der Waals surface area (Å²) in [7, 11) is 0. The lowest BCUT2D eigenvalue weighted by Gasteiger charge is -2.30. The van der Waals surface area contributed by atoms with Crippen molar-refractivity contribution in [2.75, 3.05) is 31.2 Å². The molecule has 2 aromatic carbocycles. The minimum absolute atomic E-state index is 0.143. The van der Waals surface area contributed by atoms with Crippen LogP contribution in [0.3, 0.4) is 0 Å². The van der Waals surface area contributed by atoms with Crippen molar-refractivity contribution < 1.29 is 19.3 Å². The van der Waals surface area contributed by atoms with Gasteiger partial charge in [0.25, 0.3) is 11.6 Å². The van der Waals surface area contributed by atoms with Crippen molar-refractivity contribution in [1.82, 2.24) is 5.48 Å². The molecule has 0 atom stereocenters. The van der Waals surface area contributed by atoms with Gasteiger partial charge in [-0.1, -0.05) is 30.3 Å². The number of nitrogens with zero attached hydrogens (tertiary/aromatic N) is 2. The van der Waals surface area contributed by atoms with Crippen LogP contribution in [0.15, 0.2) is 48.5 Å². The van der Waals surface area contributed by atoms with Gasteiger partial charge in [0.2, 0.25) is 0 Å². The summed E-state index contributed by atoms with van der Waals surface area (Å²) in [6.07, 6.45) is 0.